The molecule has 0 amide bonds. The number of hydrogen-bond donors (Lipinski definition) is 2. The second-order valence-electron chi connectivity index (χ2n) is 6.77. The van der Waals surface area contributed by atoms with Gasteiger partial charge in [0.1, 0.15) is 10.9 Å². The zero-order valence-electron chi connectivity index (χ0n) is 14.5. The minimum absolute atomic E-state index is 0.144. The molecule has 27 heavy (non-hydrogen) atoms. The van der Waals surface area contributed by atoms with Crippen molar-refractivity contribution in [2.45, 2.75) is 25.7 Å². The fourth-order valence-corrected chi connectivity index (χ4v) is 5.08. The molecule has 0 unspecified atom stereocenters. The van der Waals surface area contributed by atoms with Crippen molar-refractivity contribution >= 4 is 44.1 Å². The van der Waals surface area contributed by atoms with E-state index in [2.05, 4.69) is 21.0 Å². The van der Waals surface area contributed by atoms with Crippen molar-refractivity contribution in [3.8, 4) is 6.07 Å². The molecule has 132 valence electrons. The summed E-state index contributed by atoms with van der Waals surface area (Å²) in [5.74, 6) is 0.332. The van der Waals surface area contributed by atoms with Gasteiger partial charge < -0.3 is 9.97 Å². The Balaban J connectivity index is 1.67. The van der Waals surface area contributed by atoms with Gasteiger partial charge in [-0.05, 0) is 43.4 Å². The standard InChI is InChI=1S/C21H16N4OS/c22-10-12(9-13-11-23-16-7-3-1-5-14(13)16)19-24-20(26)18-15-6-2-4-8-17(15)27-21(18)25-19/h1,3,5,7,9,11,23H,2,4,6,8H2,(H,24,25,26). The van der Waals surface area contributed by atoms with Crippen LogP contribution in [-0.2, 0) is 12.8 Å². The van der Waals surface area contributed by atoms with E-state index < -0.39 is 0 Å². The Hall–Kier alpha value is -3.17. The van der Waals surface area contributed by atoms with Gasteiger partial charge in [-0.1, -0.05) is 18.2 Å². The summed E-state index contributed by atoms with van der Waals surface area (Å²) in [7, 11) is 0. The number of aromatic nitrogens is 3. The van der Waals surface area contributed by atoms with Gasteiger partial charge in [-0.25, -0.2) is 4.98 Å². The third-order valence-corrected chi connectivity index (χ3v) is 6.31. The van der Waals surface area contributed by atoms with Crippen LogP contribution in [0.25, 0.3) is 32.8 Å². The lowest BCUT2D eigenvalue weighted by Crippen LogP contribution is -2.12. The highest BCUT2D eigenvalue weighted by Crippen LogP contribution is 2.34. The second-order valence-corrected chi connectivity index (χ2v) is 7.85. The van der Waals surface area contributed by atoms with Gasteiger partial charge >= 0.3 is 0 Å². The Bertz CT molecular complexity index is 1320. The van der Waals surface area contributed by atoms with E-state index in [1.54, 1.807) is 17.4 Å². The van der Waals surface area contributed by atoms with Gasteiger partial charge in [0.2, 0.25) is 0 Å². The van der Waals surface area contributed by atoms with E-state index in [1.807, 2.05) is 30.5 Å². The zero-order chi connectivity index (χ0) is 18.4. The first-order valence-corrected chi connectivity index (χ1v) is 9.79. The molecule has 2 N–H and O–H groups in total. The lowest BCUT2D eigenvalue weighted by molar-refractivity contribution is 0.700. The number of para-hydroxylation sites is 1. The quantitative estimate of drug-likeness (QED) is 0.511. The molecule has 0 bridgehead atoms. The van der Waals surface area contributed by atoms with Gasteiger partial charge in [-0.2, -0.15) is 5.26 Å². The molecular formula is C21H16N4OS. The lowest BCUT2D eigenvalue weighted by atomic mass is 9.97. The van der Waals surface area contributed by atoms with Crippen LogP contribution in [0.15, 0.2) is 35.3 Å². The molecule has 0 saturated heterocycles. The van der Waals surface area contributed by atoms with E-state index in [1.165, 1.54) is 4.88 Å². The van der Waals surface area contributed by atoms with E-state index in [9.17, 15) is 10.1 Å². The topological polar surface area (TPSA) is 85.3 Å². The highest BCUT2D eigenvalue weighted by Gasteiger charge is 2.20. The number of rotatable bonds is 2. The van der Waals surface area contributed by atoms with E-state index in [-0.39, 0.29) is 5.56 Å². The van der Waals surface area contributed by atoms with Crippen LogP contribution in [0.5, 0.6) is 0 Å². The van der Waals surface area contributed by atoms with Crippen LogP contribution in [-0.4, -0.2) is 15.0 Å². The smallest absolute Gasteiger partial charge is 0.260 e. The summed E-state index contributed by atoms with van der Waals surface area (Å²) in [6.07, 6.45) is 7.87. The van der Waals surface area contributed by atoms with Crippen LogP contribution in [0.1, 0.15) is 34.7 Å². The number of thiophene rings is 1. The molecule has 0 radical (unpaired) electrons. The Morgan fingerprint density at radius 1 is 1.26 bits per heavy atom. The largest absolute Gasteiger partial charge is 0.361 e. The van der Waals surface area contributed by atoms with Crippen LogP contribution in [0.4, 0.5) is 0 Å². The molecule has 0 atom stereocenters. The number of aromatic amines is 2. The summed E-state index contributed by atoms with van der Waals surface area (Å²) in [4.78, 5) is 25.4. The SMILES string of the molecule is N#CC(=Cc1c[nH]c2ccccc12)c1nc2sc3c(c2c(=O)[nH]1)CCCC3. The molecule has 3 aromatic heterocycles. The molecule has 6 heteroatoms. The van der Waals surface area contributed by atoms with Crippen LogP contribution >= 0.6 is 11.3 Å². The third kappa shape index (κ3) is 2.59. The maximum atomic E-state index is 12.7. The fraction of sp³-hybridized carbons (Fsp3) is 0.190. The van der Waals surface area contributed by atoms with Crippen LogP contribution in [0.3, 0.4) is 0 Å². The second kappa shape index (κ2) is 6.22. The Morgan fingerprint density at radius 3 is 3.00 bits per heavy atom. The van der Waals surface area contributed by atoms with E-state index in [0.717, 1.165) is 52.5 Å². The molecule has 1 aliphatic carbocycles. The minimum Gasteiger partial charge on any atom is -0.361 e. The van der Waals surface area contributed by atoms with Crippen molar-refractivity contribution in [3.63, 3.8) is 0 Å². The maximum Gasteiger partial charge on any atom is 0.260 e. The van der Waals surface area contributed by atoms with Crippen molar-refractivity contribution in [2.75, 3.05) is 0 Å². The molecule has 0 spiro atoms. The summed E-state index contributed by atoms with van der Waals surface area (Å²) in [5.41, 5.74) is 3.26. The van der Waals surface area contributed by atoms with Gasteiger partial charge in [-0.15, -0.1) is 11.3 Å². The number of H-pyrrole nitrogens is 2. The van der Waals surface area contributed by atoms with Crippen molar-refractivity contribution in [2.24, 2.45) is 0 Å². The molecule has 5 nitrogen and oxygen atoms in total. The average Bonchev–Trinajstić information content (AvgIpc) is 3.27. The number of benzene rings is 1. The normalized spacial score (nSPS) is 14.4. The lowest BCUT2D eigenvalue weighted by Gasteiger charge is -2.09. The van der Waals surface area contributed by atoms with E-state index >= 15 is 0 Å². The molecule has 1 aromatic carbocycles. The first-order chi connectivity index (χ1) is 13.2. The molecule has 1 aliphatic rings. The van der Waals surface area contributed by atoms with Crippen molar-refractivity contribution < 1.29 is 0 Å². The Morgan fingerprint density at radius 2 is 2.11 bits per heavy atom. The first kappa shape index (κ1) is 16.0. The third-order valence-electron chi connectivity index (χ3n) is 5.12. The van der Waals surface area contributed by atoms with Gasteiger partial charge in [0.15, 0.2) is 5.82 Å². The number of nitrogens with one attached hydrogen (secondary N) is 2. The van der Waals surface area contributed by atoms with Gasteiger partial charge in [0.25, 0.3) is 5.56 Å². The van der Waals surface area contributed by atoms with Crippen LogP contribution < -0.4 is 5.56 Å². The number of nitriles is 1. The van der Waals surface area contributed by atoms with E-state index in [4.69, 9.17) is 0 Å². The van der Waals surface area contributed by atoms with E-state index in [0.29, 0.717) is 16.8 Å². The highest BCUT2D eigenvalue weighted by molar-refractivity contribution is 7.18. The number of hydrogen-bond acceptors (Lipinski definition) is 4. The summed E-state index contributed by atoms with van der Waals surface area (Å²) in [6, 6.07) is 10.1. The van der Waals surface area contributed by atoms with Crippen molar-refractivity contribution in [1.29, 1.82) is 5.26 Å². The van der Waals surface area contributed by atoms with Crippen LogP contribution in [0.2, 0.25) is 0 Å². The van der Waals surface area contributed by atoms with Gasteiger partial charge in [0.05, 0.1) is 11.0 Å². The van der Waals surface area contributed by atoms with Crippen molar-refractivity contribution in [3.05, 3.63) is 62.6 Å². The molecule has 0 saturated carbocycles. The number of aryl methyl sites for hydroxylation is 2. The minimum atomic E-state index is -0.144. The van der Waals surface area contributed by atoms with Gasteiger partial charge in [-0.3, -0.25) is 4.79 Å². The molecule has 5 rings (SSSR count). The predicted molar refractivity (Wildman–Crippen MR) is 109 cm³/mol. The predicted octanol–water partition coefficient (Wildman–Crippen LogP) is 4.41. The molecule has 4 aromatic rings. The fourth-order valence-electron chi connectivity index (χ4n) is 3.81. The average molecular weight is 372 g/mol. The Kier molecular flexibility index (Phi) is 3.69. The summed E-state index contributed by atoms with van der Waals surface area (Å²) < 4.78 is 0. The molecular weight excluding hydrogens is 356 g/mol. The summed E-state index contributed by atoms with van der Waals surface area (Å²) in [5, 5.41) is 11.4. The van der Waals surface area contributed by atoms with Crippen molar-refractivity contribution in [1.82, 2.24) is 15.0 Å². The molecule has 0 fully saturated rings. The highest BCUT2D eigenvalue weighted by atomic mass is 32.1. The van der Waals surface area contributed by atoms with Gasteiger partial charge in [0, 0.05) is 27.5 Å². The monoisotopic (exact) mass is 372 g/mol. The molecule has 3 heterocycles. The number of fused-ring (bicyclic) bond motifs is 4. The summed E-state index contributed by atoms with van der Waals surface area (Å²) >= 11 is 1.59. The Labute approximate surface area is 159 Å². The molecule has 0 aliphatic heterocycles. The van der Waals surface area contributed by atoms with Crippen LogP contribution in [0, 0.1) is 11.3 Å². The zero-order valence-corrected chi connectivity index (χ0v) is 15.3. The summed E-state index contributed by atoms with van der Waals surface area (Å²) in [6.45, 7) is 0. The number of allylic oxidation sites excluding steroid dienone is 1. The maximum absolute atomic E-state index is 12.7. The number of nitrogens with zero attached hydrogens (tertiary/aromatic N) is 2. The first-order valence-electron chi connectivity index (χ1n) is 8.97.